The molecule has 2 atom stereocenters. The molecule has 0 N–H and O–H groups in total. The minimum absolute atomic E-state index is 0. The van der Waals surface area contributed by atoms with Crippen molar-refractivity contribution in [1.82, 2.24) is 0 Å². The lowest BCUT2D eigenvalue weighted by molar-refractivity contribution is -0.932. The van der Waals surface area contributed by atoms with Crippen molar-refractivity contribution in [3.05, 3.63) is 60.2 Å². The van der Waals surface area contributed by atoms with Crippen LogP contribution in [0.5, 0.6) is 11.5 Å². The van der Waals surface area contributed by atoms with Crippen molar-refractivity contribution in [3.8, 4) is 11.5 Å². The molecule has 4 heteroatoms. The Kier molecular flexibility index (Phi) is 11.0. The molecule has 1 aliphatic rings. The third-order valence-corrected chi connectivity index (χ3v) is 6.37. The normalized spacial score (nSPS) is 20.9. The van der Waals surface area contributed by atoms with Crippen LogP contribution in [0.4, 0.5) is 0 Å². The SMILES string of the molecule is CCCCOc1ccc(OCCC[N+]2(CC)CCCC(c3ccccc3)C2)cc1.[I-]. The first-order valence-corrected chi connectivity index (χ1v) is 11.5. The van der Waals surface area contributed by atoms with Crippen LogP contribution in [0.25, 0.3) is 0 Å². The Morgan fingerprint density at radius 3 is 2.10 bits per heavy atom. The Labute approximate surface area is 200 Å². The highest BCUT2D eigenvalue weighted by atomic mass is 127. The number of unbranched alkanes of at least 4 members (excludes halogenated alkanes) is 1. The van der Waals surface area contributed by atoms with Crippen LogP contribution in [-0.2, 0) is 0 Å². The van der Waals surface area contributed by atoms with E-state index >= 15 is 0 Å². The minimum atomic E-state index is 0. The molecule has 1 fully saturated rings. The highest BCUT2D eigenvalue weighted by Crippen LogP contribution is 2.31. The fraction of sp³-hybridized carbons (Fsp3) is 0.538. The summed E-state index contributed by atoms with van der Waals surface area (Å²) in [6, 6.07) is 19.2. The van der Waals surface area contributed by atoms with Gasteiger partial charge >= 0.3 is 0 Å². The Hall–Kier alpha value is -1.27. The van der Waals surface area contributed by atoms with E-state index in [0.29, 0.717) is 5.92 Å². The monoisotopic (exact) mass is 523 g/mol. The fourth-order valence-corrected chi connectivity index (χ4v) is 4.53. The highest BCUT2D eigenvalue weighted by Gasteiger charge is 2.33. The lowest BCUT2D eigenvalue weighted by Crippen LogP contribution is -3.00. The molecular weight excluding hydrogens is 485 g/mol. The van der Waals surface area contributed by atoms with Crippen molar-refractivity contribution in [1.29, 1.82) is 0 Å². The summed E-state index contributed by atoms with van der Waals surface area (Å²) < 4.78 is 13.0. The molecule has 0 saturated carbocycles. The van der Waals surface area contributed by atoms with Crippen molar-refractivity contribution in [2.24, 2.45) is 0 Å². The van der Waals surface area contributed by atoms with Crippen LogP contribution in [0, 0.1) is 0 Å². The lowest BCUT2D eigenvalue weighted by Gasteiger charge is -2.44. The molecular formula is C26H38INO2. The molecule has 166 valence electrons. The maximum absolute atomic E-state index is 6.01. The van der Waals surface area contributed by atoms with Crippen LogP contribution < -0.4 is 33.5 Å². The van der Waals surface area contributed by atoms with Crippen molar-refractivity contribution in [3.63, 3.8) is 0 Å². The van der Waals surface area contributed by atoms with Crippen molar-refractivity contribution < 1.29 is 37.9 Å². The standard InChI is InChI=1S/C26H38NO2.HI/c1-3-5-20-28-25-14-16-26(17-15-25)29-21-10-19-27(4-2)18-9-13-24(22-27)23-11-7-6-8-12-23;/h6-8,11-12,14-17,24H,3-5,9-10,13,18-22H2,1-2H3;1H/q+1;/p-1. The quantitative estimate of drug-likeness (QED) is 0.256. The minimum Gasteiger partial charge on any atom is -1.00 e. The molecule has 2 aromatic rings. The third kappa shape index (κ3) is 7.45. The van der Waals surface area contributed by atoms with E-state index in [2.05, 4.69) is 44.2 Å². The van der Waals surface area contributed by atoms with Gasteiger partial charge in [0.1, 0.15) is 11.5 Å². The molecule has 2 aromatic carbocycles. The maximum atomic E-state index is 6.01. The van der Waals surface area contributed by atoms with E-state index in [1.807, 2.05) is 24.3 Å². The van der Waals surface area contributed by atoms with Gasteiger partial charge in [-0.2, -0.15) is 0 Å². The molecule has 0 bridgehead atoms. The molecule has 0 amide bonds. The summed E-state index contributed by atoms with van der Waals surface area (Å²) in [6.45, 7) is 11.1. The van der Waals surface area contributed by atoms with E-state index in [9.17, 15) is 0 Å². The summed E-state index contributed by atoms with van der Waals surface area (Å²) in [4.78, 5) is 0. The number of benzene rings is 2. The van der Waals surface area contributed by atoms with E-state index in [1.165, 1.54) is 49.1 Å². The predicted octanol–water partition coefficient (Wildman–Crippen LogP) is 3.05. The largest absolute Gasteiger partial charge is 1.00 e. The second-order valence-electron chi connectivity index (χ2n) is 8.41. The number of likely N-dealkylation sites (N-methyl/N-ethyl adjacent to an activating group) is 1. The number of rotatable bonds is 11. The fourth-order valence-electron chi connectivity index (χ4n) is 4.53. The van der Waals surface area contributed by atoms with Crippen LogP contribution in [0.2, 0.25) is 0 Å². The average Bonchev–Trinajstić information content (AvgIpc) is 2.79. The van der Waals surface area contributed by atoms with Gasteiger partial charge in [-0.3, -0.25) is 0 Å². The van der Waals surface area contributed by atoms with Crippen LogP contribution in [-0.4, -0.2) is 43.9 Å². The van der Waals surface area contributed by atoms with Gasteiger partial charge in [0, 0.05) is 12.3 Å². The maximum Gasteiger partial charge on any atom is 0.119 e. The smallest absolute Gasteiger partial charge is 0.119 e. The van der Waals surface area contributed by atoms with Crippen LogP contribution in [0.1, 0.15) is 57.4 Å². The van der Waals surface area contributed by atoms with Gasteiger partial charge in [-0.1, -0.05) is 43.7 Å². The van der Waals surface area contributed by atoms with Crippen LogP contribution >= 0.6 is 0 Å². The van der Waals surface area contributed by atoms with Crippen molar-refractivity contribution in [2.45, 2.75) is 51.9 Å². The molecule has 1 aliphatic heterocycles. The van der Waals surface area contributed by atoms with Crippen molar-refractivity contribution in [2.75, 3.05) is 39.4 Å². The molecule has 3 rings (SSSR count). The van der Waals surface area contributed by atoms with Crippen LogP contribution in [0.3, 0.4) is 0 Å². The summed E-state index contributed by atoms with van der Waals surface area (Å²) >= 11 is 0. The molecule has 3 nitrogen and oxygen atoms in total. The van der Waals surface area contributed by atoms with Crippen LogP contribution in [0.15, 0.2) is 54.6 Å². The first-order valence-electron chi connectivity index (χ1n) is 11.5. The number of hydrogen-bond donors (Lipinski definition) is 0. The Bertz CT molecular complexity index is 707. The third-order valence-electron chi connectivity index (χ3n) is 6.37. The first-order chi connectivity index (χ1) is 14.2. The summed E-state index contributed by atoms with van der Waals surface area (Å²) in [6.07, 6.45) is 6.01. The Morgan fingerprint density at radius 1 is 0.867 bits per heavy atom. The van der Waals surface area contributed by atoms with Gasteiger partial charge in [0.05, 0.1) is 39.4 Å². The van der Waals surface area contributed by atoms with Crippen molar-refractivity contribution >= 4 is 0 Å². The van der Waals surface area contributed by atoms with Gasteiger partial charge in [0.2, 0.25) is 0 Å². The van der Waals surface area contributed by atoms with E-state index in [-0.39, 0.29) is 24.0 Å². The first kappa shape index (κ1) is 25.0. The lowest BCUT2D eigenvalue weighted by atomic mass is 9.89. The topological polar surface area (TPSA) is 18.5 Å². The molecule has 1 heterocycles. The van der Waals surface area contributed by atoms with Gasteiger partial charge in [-0.15, -0.1) is 0 Å². The van der Waals surface area contributed by atoms with Gasteiger partial charge in [0.15, 0.2) is 0 Å². The zero-order valence-corrected chi connectivity index (χ0v) is 20.9. The number of hydrogen-bond acceptors (Lipinski definition) is 2. The number of likely N-dealkylation sites (tertiary alicyclic amines) is 1. The predicted molar refractivity (Wildman–Crippen MR) is 121 cm³/mol. The summed E-state index contributed by atoms with van der Waals surface area (Å²) in [5.41, 5.74) is 1.51. The van der Waals surface area contributed by atoms with E-state index in [0.717, 1.165) is 44.0 Å². The van der Waals surface area contributed by atoms with Gasteiger partial charge in [0.25, 0.3) is 0 Å². The second kappa shape index (κ2) is 13.2. The highest BCUT2D eigenvalue weighted by molar-refractivity contribution is 5.31. The average molecular weight is 523 g/mol. The summed E-state index contributed by atoms with van der Waals surface area (Å²) in [7, 11) is 0. The molecule has 30 heavy (non-hydrogen) atoms. The molecule has 0 aliphatic carbocycles. The number of quaternary nitrogens is 1. The molecule has 0 spiro atoms. The number of nitrogens with zero attached hydrogens (tertiary/aromatic N) is 1. The summed E-state index contributed by atoms with van der Waals surface area (Å²) in [5, 5.41) is 0. The number of halogens is 1. The Balaban J connectivity index is 0.00000320. The second-order valence-corrected chi connectivity index (χ2v) is 8.41. The molecule has 0 radical (unpaired) electrons. The van der Waals surface area contributed by atoms with E-state index < -0.39 is 0 Å². The molecule has 1 saturated heterocycles. The number of ether oxygens (including phenoxy) is 2. The number of piperidine rings is 1. The van der Waals surface area contributed by atoms with Gasteiger partial charge in [-0.05, 0) is 56.0 Å². The Morgan fingerprint density at radius 2 is 1.50 bits per heavy atom. The van der Waals surface area contributed by atoms with Gasteiger partial charge < -0.3 is 37.9 Å². The molecule has 0 aromatic heterocycles. The van der Waals surface area contributed by atoms with E-state index in [4.69, 9.17) is 9.47 Å². The zero-order chi connectivity index (χ0) is 20.4. The summed E-state index contributed by atoms with van der Waals surface area (Å²) in [5.74, 6) is 2.57. The van der Waals surface area contributed by atoms with Gasteiger partial charge in [-0.25, -0.2) is 0 Å². The van der Waals surface area contributed by atoms with E-state index in [1.54, 1.807) is 0 Å². The molecule has 2 unspecified atom stereocenters. The zero-order valence-electron chi connectivity index (χ0n) is 18.7.